The van der Waals surface area contributed by atoms with Crippen LogP contribution in [0, 0.1) is 0 Å². The van der Waals surface area contributed by atoms with E-state index in [1.54, 1.807) is 4.90 Å². The van der Waals surface area contributed by atoms with Crippen molar-refractivity contribution in [1.82, 2.24) is 14.7 Å². The number of hydrogen-bond donors (Lipinski definition) is 1. The maximum Gasteiger partial charge on any atom is 0.410 e. The molecule has 1 aliphatic heterocycles. The fraction of sp³-hybridized carbons (Fsp3) is 0.444. The topological polar surface area (TPSA) is 59.4 Å². The summed E-state index contributed by atoms with van der Waals surface area (Å²) in [5.74, 6) is 0. The third kappa shape index (κ3) is 4.28. The molecule has 0 aliphatic carbocycles. The molecule has 0 atom stereocenters. The molecule has 3 rings (SSSR count). The van der Waals surface area contributed by atoms with Crippen LogP contribution in [0.2, 0.25) is 0 Å². The molecule has 1 aliphatic rings. The molecular weight excluding hydrogens is 304 g/mol. The van der Waals surface area contributed by atoms with Crippen LogP contribution in [-0.4, -0.2) is 45.5 Å². The third-order valence-corrected chi connectivity index (χ3v) is 3.72. The van der Waals surface area contributed by atoms with Gasteiger partial charge in [0.1, 0.15) is 5.60 Å². The number of anilines is 1. The Bertz CT molecular complexity index is 685. The monoisotopic (exact) mass is 328 g/mol. The second-order valence-corrected chi connectivity index (χ2v) is 7.14. The molecule has 0 unspecified atom stereocenters. The number of carbonyl (C=O) groups excluding carboxylic acids is 1. The minimum atomic E-state index is -0.450. The van der Waals surface area contributed by atoms with E-state index in [1.165, 1.54) is 5.56 Å². The highest BCUT2D eigenvalue weighted by molar-refractivity contribution is 5.69. The third-order valence-electron chi connectivity index (χ3n) is 3.72. The normalized spacial score (nSPS) is 15.0. The Morgan fingerprint density at radius 3 is 2.67 bits per heavy atom. The van der Waals surface area contributed by atoms with Crippen LogP contribution in [-0.2, 0) is 11.3 Å². The second kappa shape index (κ2) is 6.55. The number of amides is 1. The van der Waals surface area contributed by atoms with Gasteiger partial charge in [-0.25, -0.2) is 4.79 Å². The van der Waals surface area contributed by atoms with Gasteiger partial charge in [0.05, 0.1) is 24.5 Å². The van der Waals surface area contributed by atoms with Gasteiger partial charge in [0, 0.05) is 19.3 Å². The first kappa shape index (κ1) is 16.4. The SMILES string of the molecule is CC(C)(C)OC(=O)N1CC(Nc2cnn(Cc3ccccc3)c2)C1. The Morgan fingerprint density at radius 2 is 2.00 bits per heavy atom. The number of nitrogens with one attached hydrogen (secondary N) is 1. The number of aromatic nitrogens is 2. The summed E-state index contributed by atoms with van der Waals surface area (Å²) in [5.41, 5.74) is 1.74. The summed E-state index contributed by atoms with van der Waals surface area (Å²) in [6.45, 7) is 7.68. The Morgan fingerprint density at radius 1 is 1.29 bits per heavy atom. The number of hydrogen-bond acceptors (Lipinski definition) is 4. The van der Waals surface area contributed by atoms with Gasteiger partial charge in [0.15, 0.2) is 0 Å². The van der Waals surface area contributed by atoms with Gasteiger partial charge >= 0.3 is 6.09 Å². The highest BCUT2D eigenvalue weighted by Gasteiger charge is 2.33. The maximum absolute atomic E-state index is 11.9. The van der Waals surface area contributed by atoms with Crippen molar-refractivity contribution in [2.45, 2.75) is 39.0 Å². The van der Waals surface area contributed by atoms with Gasteiger partial charge in [-0.1, -0.05) is 30.3 Å². The second-order valence-electron chi connectivity index (χ2n) is 7.14. The van der Waals surface area contributed by atoms with Gasteiger partial charge in [-0.15, -0.1) is 0 Å². The molecule has 1 saturated heterocycles. The number of carbonyl (C=O) groups is 1. The quantitative estimate of drug-likeness (QED) is 0.937. The van der Waals surface area contributed by atoms with E-state index in [2.05, 4.69) is 22.5 Å². The van der Waals surface area contributed by atoms with Crippen LogP contribution in [0.4, 0.5) is 10.5 Å². The van der Waals surface area contributed by atoms with Crippen LogP contribution in [0.5, 0.6) is 0 Å². The summed E-state index contributed by atoms with van der Waals surface area (Å²) in [6.07, 6.45) is 3.56. The summed E-state index contributed by atoms with van der Waals surface area (Å²) in [6, 6.07) is 10.5. The van der Waals surface area contributed by atoms with Crippen LogP contribution in [0.15, 0.2) is 42.7 Å². The van der Waals surface area contributed by atoms with Crippen LogP contribution in [0.25, 0.3) is 0 Å². The number of likely N-dealkylation sites (tertiary alicyclic amines) is 1. The molecule has 6 nitrogen and oxygen atoms in total. The van der Waals surface area contributed by atoms with E-state index < -0.39 is 5.60 Å². The van der Waals surface area contributed by atoms with Crippen LogP contribution < -0.4 is 5.32 Å². The molecular formula is C18H24N4O2. The molecule has 0 radical (unpaired) electrons. The lowest BCUT2D eigenvalue weighted by atomic mass is 10.1. The van der Waals surface area contributed by atoms with Gasteiger partial charge in [-0.3, -0.25) is 4.68 Å². The molecule has 1 aromatic carbocycles. The molecule has 2 heterocycles. The summed E-state index contributed by atoms with van der Waals surface area (Å²) in [5, 5.41) is 7.77. The molecule has 6 heteroatoms. The van der Waals surface area contributed by atoms with Crippen molar-refractivity contribution in [2.24, 2.45) is 0 Å². The van der Waals surface area contributed by atoms with E-state index in [-0.39, 0.29) is 12.1 Å². The molecule has 1 amide bonds. The zero-order valence-corrected chi connectivity index (χ0v) is 14.4. The fourth-order valence-corrected chi connectivity index (χ4v) is 2.58. The lowest BCUT2D eigenvalue weighted by Gasteiger charge is -2.40. The number of rotatable bonds is 4. The van der Waals surface area contributed by atoms with Crippen molar-refractivity contribution in [3.63, 3.8) is 0 Å². The van der Waals surface area contributed by atoms with Gasteiger partial charge in [-0.2, -0.15) is 5.10 Å². The van der Waals surface area contributed by atoms with E-state index >= 15 is 0 Å². The number of benzene rings is 1. The first-order valence-corrected chi connectivity index (χ1v) is 8.20. The molecule has 0 bridgehead atoms. The summed E-state index contributed by atoms with van der Waals surface area (Å²) in [4.78, 5) is 13.6. The molecule has 128 valence electrons. The van der Waals surface area contributed by atoms with E-state index in [0.29, 0.717) is 13.1 Å². The highest BCUT2D eigenvalue weighted by Crippen LogP contribution is 2.18. The summed E-state index contributed by atoms with van der Waals surface area (Å²) < 4.78 is 7.26. The molecule has 0 spiro atoms. The lowest BCUT2D eigenvalue weighted by Crippen LogP contribution is -2.57. The number of ether oxygens (including phenoxy) is 1. The smallest absolute Gasteiger partial charge is 0.410 e. The van der Waals surface area contributed by atoms with E-state index in [1.807, 2.05) is 56.0 Å². The average Bonchev–Trinajstić information content (AvgIpc) is 2.89. The van der Waals surface area contributed by atoms with Crippen LogP contribution >= 0.6 is 0 Å². The van der Waals surface area contributed by atoms with Crippen molar-refractivity contribution in [3.8, 4) is 0 Å². The zero-order valence-electron chi connectivity index (χ0n) is 14.4. The minimum absolute atomic E-state index is 0.242. The van der Waals surface area contributed by atoms with Crippen molar-refractivity contribution >= 4 is 11.8 Å². The first-order valence-electron chi connectivity index (χ1n) is 8.20. The number of nitrogens with zero attached hydrogens (tertiary/aromatic N) is 3. The van der Waals surface area contributed by atoms with Gasteiger partial charge < -0.3 is 15.0 Å². The summed E-state index contributed by atoms with van der Waals surface area (Å²) in [7, 11) is 0. The Balaban J connectivity index is 1.46. The fourth-order valence-electron chi connectivity index (χ4n) is 2.58. The first-order chi connectivity index (χ1) is 11.4. The standard InChI is InChI=1S/C18H24N4O2/c1-18(2,3)24-17(23)21-11-16(12-21)20-15-9-19-22(13-15)10-14-7-5-4-6-8-14/h4-9,13,16,20H,10-12H2,1-3H3. The van der Waals surface area contributed by atoms with Crippen molar-refractivity contribution in [2.75, 3.05) is 18.4 Å². The molecule has 1 aromatic heterocycles. The van der Waals surface area contributed by atoms with Crippen molar-refractivity contribution < 1.29 is 9.53 Å². The largest absolute Gasteiger partial charge is 0.444 e. The Hall–Kier alpha value is -2.50. The minimum Gasteiger partial charge on any atom is -0.444 e. The van der Waals surface area contributed by atoms with Gasteiger partial charge in [0.2, 0.25) is 0 Å². The van der Waals surface area contributed by atoms with Crippen molar-refractivity contribution in [3.05, 3.63) is 48.3 Å². The molecule has 1 N–H and O–H groups in total. The average molecular weight is 328 g/mol. The van der Waals surface area contributed by atoms with Crippen LogP contribution in [0.3, 0.4) is 0 Å². The maximum atomic E-state index is 11.9. The predicted octanol–water partition coefficient (Wildman–Crippen LogP) is 2.96. The Labute approximate surface area is 142 Å². The van der Waals surface area contributed by atoms with E-state index in [0.717, 1.165) is 12.2 Å². The van der Waals surface area contributed by atoms with Gasteiger partial charge in [0.25, 0.3) is 0 Å². The highest BCUT2D eigenvalue weighted by atomic mass is 16.6. The Kier molecular flexibility index (Phi) is 4.46. The molecule has 2 aromatic rings. The van der Waals surface area contributed by atoms with E-state index in [9.17, 15) is 4.79 Å². The molecule has 24 heavy (non-hydrogen) atoms. The van der Waals surface area contributed by atoms with Crippen molar-refractivity contribution in [1.29, 1.82) is 0 Å². The molecule has 1 fully saturated rings. The lowest BCUT2D eigenvalue weighted by molar-refractivity contribution is 0.0105. The predicted molar refractivity (Wildman–Crippen MR) is 93.0 cm³/mol. The van der Waals surface area contributed by atoms with E-state index in [4.69, 9.17) is 4.74 Å². The van der Waals surface area contributed by atoms with Gasteiger partial charge in [-0.05, 0) is 26.3 Å². The summed E-state index contributed by atoms with van der Waals surface area (Å²) >= 11 is 0. The van der Waals surface area contributed by atoms with Crippen LogP contribution in [0.1, 0.15) is 26.3 Å². The zero-order chi connectivity index (χ0) is 17.2. The molecule has 0 saturated carbocycles.